The molecule has 1 aromatic rings. The van der Waals surface area contributed by atoms with Crippen molar-refractivity contribution < 1.29 is 9.13 Å². The summed E-state index contributed by atoms with van der Waals surface area (Å²) >= 11 is 1.82. The predicted octanol–water partition coefficient (Wildman–Crippen LogP) is 4.02. The molecule has 0 amide bonds. The third-order valence-electron chi connectivity index (χ3n) is 2.84. The van der Waals surface area contributed by atoms with Crippen LogP contribution in [0.3, 0.4) is 0 Å². The molecule has 0 spiro atoms. The summed E-state index contributed by atoms with van der Waals surface area (Å²) in [6.07, 6.45) is 1.04. The van der Waals surface area contributed by atoms with E-state index in [2.05, 4.69) is 19.2 Å². The van der Waals surface area contributed by atoms with Crippen LogP contribution in [0.5, 0.6) is 5.75 Å². The summed E-state index contributed by atoms with van der Waals surface area (Å²) in [6, 6.07) is 5.17. The third-order valence-corrected chi connectivity index (χ3v) is 3.70. The summed E-state index contributed by atoms with van der Waals surface area (Å²) in [6.45, 7) is 7.71. The van der Waals surface area contributed by atoms with Gasteiger partial charge in [0.15, 0.2) is 0 Å². The van der Waals surface area contributed by atoms with Crippen LogP contribution in [0.25, 0.3) is 0 Å². The van der Waals surface area contributed by atoms with Crippen LogP contribution in [0.1, 0.15) is 38.8 Å². The Labute approximate surface area is 120 Å². The number of hydrogen-bond acceptors (Lipinski definition) is 3. The highest BCUT2D eigenvalue weighted by atomic mass is 32.2. The lowest BCUT2D eigenvalue weighted by Crippen LogP contribution is -2.20. The van der Waals surface area contributed by atoms with Crippen LogP contribution in [0.15, 0.2) is 18.2 Å². The summed E-state index contributed by atoms with van der Waals surface area (Å²) in [5.74, 6) is 2.43. The maximum Gasteiger partial charge on any atom is 0.131 e. The first-order valence-corrected chi connectivity index (χ1v) is 8.07. The SMILES string of the molecule is CCCNC(C)c1ccc(OCCSCC)cc1F. The van der Waals surface area contributed by atoms with Gasteiger partial charge in [0, 0.05) is 23.4 Å². The van der Waals surface area contributed by atoms with Crippen LogP contribution < -0.4 is 10.1 Å². The number of nitrogens with one attached hydrogen (secondary N) is 1. The van der Waals surface area contributed by atoms with E-state index < -0.39 is 0 Å². The van der Waals surface area contributed by atoms with Crippen molar-refractivity contribution in [1.82, 2.24) is 5.32 Å². The standard InChI is InChI=1S/C15H24FNOS/c1-4-8-17-12(3)14-7-6-13(11-15(14)16)18-9-10-19-5-2/h6-7,11-12,17H,4-5,8-10H2,1-3H3. The van der Waals surface area contributed by atoms with Gasteiger partial charge in [-0.3, -0.25) is 0 Å². The van der Waals surface area contributed by atoms with Gasteiger partial charge in [0.05, 0.1) is 6.61 Å². The zero-order valence-corrected chi connectivity index (χ0v) is 12.9. The molecule has 0 radical (unpaired) electrons. The van der Waals surface area contributed by atoms with Crippen molar-refractivity contribution in [2.75, 3.05) is 24.7 Å². The average Bonchev–Trinajstić information content (AvgIpc) is 2.41. The summed E-state index contributed by atoms with van der Waals surface area (Å²) < 4.78 is 19.5. The average molecular weight is 285 g/mol. The van der Waals surface area contributed by atoms with Gasteiger partial charge in [0.1, 0.15) is 11.6 Å². The molecule has 0 fully saturated rings. The van der Waals surface area contributed by atoms with Crippen LogP contribution in [0.2, 0.25) is 0 Å². The number of rotatable bonds is 9. The van der Waals surface area contributed by atoms with Crippen molar-refractivity contribution in [1.29, 1.82) is 0 Å². The molecule has 0 aliphatic carbocycles. The van der Waals surface area contributed by atoms with E-state index in [4.69, 9.17) is 4.74 Å². The molecule has 0 bridgehead atoms. The first-order chi connectivity index (χ1) is 9.19. The first-order valence-electron chi connectivity index (χ1n) is 6.92. The first kappa shape index (κ1) is 16.3. The molecule has 108 valence electrons. The molecule has 1 aromatic carbocycles. The van der Waals surface area contributed by atoms with E-state index in [1.807, 2.05) is 30.8 Å². The summed E-state index contributed by atoms with van der Waals surface area (Å²) in [4.78, 5) is 0. The molecule has 1 N–H and O–H groups in total. The predicted molar refractivity (Wildman–Crippen MR) is 81.6 cm³/mol. The molecule has 0 aliphatic rings. The lowest BCUT2D eigenvalue weighted by molar-refractivity contribution is 0.341. The zero-order valence-electron chi connectivity index (χ0n) is 12.0. The smallest absolute Gasteiger partial charge is 0.131 e. The Morgan fingerprint density at radius 1 is 1.37 bits per heavy atom. The van der Waals surface area contributed by atoms with Crippen LogP contribution in [-0.2, 0) is 0 Å². The molecule has 0 saturated carbocycles. The lowest BCUT2D eigenvalue weighted by Gasteiger charge is -2.15. The number of halogens is 1. The highest BCUT2D eigenvalue weighted by Gasteiger charge is 2.11. The van der Waals surface area contributed by atoms with Crippen LogP contribution in [-0.4, -0.2) is 24.7 Å². The van der Waals surface area contributed by atoms with E-state index in [0.29, 0.717) is 17.9 Å². The Bertz CT molecular complexity index is 373. The molecular formula is C15H24FNOS. The summed E-state index contributed by atoms with van der Waals surface area (Å²) in [5.41, 5.74) is 0.698. The maximum absolute atomic E-state index is 14.0. The highest BCUT2D eigenvalue weighted by Crippen LogP contribution is 2.22. The van der Waals surface area contributed by atoms with Crippen LogP contribution in [0, 0.1) is 5.82 Å². The van der Waals surface area contributed by atoms with E-state index >= 15 is 0 Å². The van der Waals surface area contributed by atoms with Gasteiger partial charge in [-0.15, -0.1) is 0 Å². The Kier molecular flexibility index (Phi) is 7.91. The Balaban J connectivity index is 2.53. The quantitative estimate of drug-likeness (QED) is 0.692. The van der Waals surface area contributed by atoms with E-state index in [9.17, 15) is 4.39 Å². The van der Waals surface area contributed by atoms with Gasteiger partial charge in [0.25, 0.3) is 0 Å². The van der Waals surface area contributed by atoms with Gasteiger partial charge >= 0.3 is 0 Å². The van der Waals surface area contributed by atoms with E-state index in [1.54, 1.807) is 0 Å². The largest absolute Gasteiger partial charge is 0.493 e. The monoisotopic (exact) mass is 285 g/mol. The Hall–Kier alpha value is -0.740. The fraction of sp³-hybridized carbons (Fsp3) is 0.600. The van der Waals surface area contributed by atoms with Gasteiger partial charge in [-0.1, -0.05) is 19.9 Å². The number of hydrogen-bond donors (Lipinski definition) is 1. The van der Waals surface area contributed by atoms with Gasteiger partial charge < -0.3 is 10.1 Å². The van der Waals surface area contributed by atoms with Crippen molar-refractivity contribution in [2.24, 2.45) is 0 Å². The zero-order chi connectivity index (χ0) is 14.1. The molecule has 1 rings (SSSR count). The van der Waals surface area contributed by atoms with Crippen molar-refractivity contribution in [3.63, 3.8) is 0 Å². The van der Waals surface area contributed by atoms with Crippen LogP contribution >= 0.6 is 11.8 Å². The summed E-state index contributed by atoms with van der Waals surface area (Å²) in [5, 5.41) is 3.28. The fourth-order valence-electron chi connectivity index (χ4n) is 1.78. The Morgan fingerprint density at radius 2 is 2.16 bits per heavy atom. The van der Waals surface area contributed by atoms with Gasteiger partial charge in [0.2, 0.25) is 0 Å². The fourth-order valence-corrected chi connectivity index (χ4v) is 2.27. The minimum absolute atomic E-state index is 0.0321. The minimum atomic E-state index is -0.197. The van der Waals surface area contributed by atoms with Gasteiger partial charge in [-0.05, 0) is 31.7 Å². The van der Waals surface area contributed by atoms with Crippen molar-refractivity contribution >= 4 is 11.8 Å². The van der Waals surface area contributed by atoms with Crippen molar-refractivity contribution in [3.05, 3.63) is 29.6 Å². The topological polar surface area (TPSA) is 21.3 Å². The van der Waals surface area contributed by atoms with E-state index in [-0.39, 0.29) is 11.9 Å². The van der Waals surface area contributed by atoms with Gasteiger partial charge in [-0.25, -0.2) is 4.39 Å². The molecule has 0 heterocycles. The molecule has 1 atom stereocenters. The maximum atomic E-state index is 14.0. The van der Waals surface area contributed by atoms with Crippen LogP contribution in [0.4, 0.5) is 4.39 Å². The molecule has 0 aromatic heterocycles. The van der Waals surface area contributed by atoms with E-state index in [0.717, 1.165) is 24.5 Å². The second kappa shape index (κ2) is 9.21. The number of ether oxygens (including phenoxy) is 1. The van der Waals surface area contributed by atoms with Crippen molar-refractivity contribution in [2.45, 2.75) is 33.2 Å². The van der Waals surface area contributed by atoms with Gasteiger partial charge in [-0.2, -0.15) is 11.8 Å². The lowest BCUT2D eigenvalue weighted by atomic mass is 10.1. The molecule has 19 heavy (non-hydrogen) atoms. The number of thioether (sulfide) groups is 1. The molecule has 2 nitrogen and oxygen atoms in total. The molecule has 0 saturated heterocycles. The normalized spacial score (nSPS) is 12.4. The highest BCUT2D eigenvalue weighted by molar-refractivity contribution is 7.99. The molecule has 4 heteroatoms. The molecule has 1 unspecified atom stereocenters. The minimum Gasteiger partial charge on any atom is -0.493 e. The van der Waals surface area contributed by atoms with Crippen molar-refractivity contribution in [3.8, 4) is 5.75 Å². The summed E-state index contributed by atoms with van der Waals surface area (Å²) in [7, 11) is 0. The second-order valence-electron chi connectivity index (χ2n) is 4.40. The third kappa shape index (κ3) is 5.83. The molecular weight excluding hydrogens is 261 g/mol. The molecule has 0 aliphatic heterocycles. The number of benzene rings is 1. The Morgan fingerprint density at radius 3 is 2.79 bits per heavy atom. The van der Waals surface area contributed by atoms with E-state index in [1.165, 1.54) is 6.07 Å². The second-order valence-corrected chi connectivity index (χ2v) is 5.80.